The monoisotopic (exact) mass is 801 g/mol. The molecular weight excluding hydrogens is 763 g/mol. The third-order valence-electron chi connectivity index (χ3n) is 13.5. The topological polar surface area (TPSA) is 16.4 Å². The normalized spacial score (nSPS) is 12.9. The molecule has 2 nitrogen and oxygen atoms in total. The van der Waals surface area contributed by atoms with E-state index in [0.29, 0.717) is 0 Å². The van der Waals surface area contributed by atoms with Crippen LogP contribution in [0.1, 0.15) is 22.3 Å². The second-order valence-corrected chi connectivity index (χ2v) is 16.7. The van der Waals surface area contributed by atoms with Crippen molar-refractivity contribution in [1.29, 1.82) is 0 Å². The van der Waals surface area contributed by atoms with Crippen LogP contribution in [-0.2, 0) is 5.41 Å². The molecular formula is C61H39NO. The molecule has 0 bridgehead atoms. The van der Waals surface area contributed by atoms with Gasteiger partial charge in [0.1, 0.15) is 11.2 Å². The lowest BCUT2D eigenvalue weighted by Crippen LogP contribution is -2.28. The first-order chi connectivity index (χ1) is 31.3. The average molecular weight is 802 g/mol. The summed E-state index contributed by atoms with van der Waals surface area (Å²) in [7, 11) is 0. The fourth-order valence-electron chi connectivity index (χ4n) is 10.8. The van der Waals surface area contributed by atoms with Crippen LogP contribution in [-0.4, -0.2) is 0 Å². The Labute approximate surface area is 365 Å². The number of nitrogens with zero attached hydrogens (tertiary/aromatic N) is 1. The van der Waals surface area contributed by atoms with Gasteiger partial charge < -0.3 is 9.32 Å². The Bertz CT molecular complexity index is 3680. The first-order valence-corrected chi connectivity index (χ1v) is 21.8. The summed E-state index contributed by atoms with van der Waals surface area (Å²) in [6.07, 6.45) is 0. The van der Waals surface area contributed by atoms with Crippen LogP contribution in [0.5, 0.6) is 0 Å². The van der Waals surface area contributed by atoms with E-state index in [0.717, 1.165) is 39.0 Å². The average Bonchev–Trinajstić information content (AvgIpc) is 3.89. The van der Waals surface area contributed by atoms with Gasteiger partial charge in [-0.05, 0) is 126 Å². The molecule has 1 heterocycles. The van der Waals surface area contributed by atoms with Gasteiger partial charge in [0.25, 0.3) is 0 Å². The van der Waals surface area contributed by atoms with Crippen molar-refractivity contribution in [2.24, 2.45) is 0 Å². The molecule has 0 N–H and O–H groups in total. The SMILES string of the molecule is c1ccc(-c2ccc(N(c3ccc4c(c3)C(c3ccccc3)(c3ccccc3)c3ccccc3-4)c3ccc4c5ccccc5c5c(ccc6oc7ccccc7c65)c4c3)cc2)cc1. The minimum atomic E-state index is -0.523. The molecule has 0 amide bonds. The van der Waals surface area contributed by atoms with E-state index < -0.39 is 5.41 Å². The van der Waals surface area contributed by atoms with Crippen LogP contribution in [0.4, 0.5) is 17.1 Å². The van der Waals surface area contributed by atoms with Crippen LogP contribution < -0.4 is 4.90 Å². The zero-order valence-electron chi connectivity index (χ0n) is 34.4. The molecule has 1 aliphatic rings. The van der Waals surface area contributed by atoms with E-state index in [1.54, 1.807) is 0 Å². The van der Waals surface area contributed by atoms with Crippen molar-refractivity contribution < 1.29 is 4.42 Å². The van der Waals surface area contributed by atoms with Gasteiger partial charge in [0.05, 0.1) is 5.41 Å². The molecule has 1 aromatic heterocycles. The van der Waals surface area contributed by atoms with E-state index in [1.807, 2.05) is 0 Å². The van der Waals surface area contributed by atoms with Gasteiger partial charge in [0, 0.05) is 33.2 Å². The van der Waals surface area contributed by atoms with Crippen LogP contribution in [0.15, 0.2) is 241 Å². The molecule has 63 heavy (non-hydrogen) atoms. The number of fused-ring (bicyclic) bond motifs is 13. The fourth-order valence-corrected chi connectivity index (χ4v) is 10.8. The second kappa shape index (κ2) is 13.9. The summed E-state index contributed by atoms with van der Waals surface area (Å²) >= 11 is 0. The molecule has 0 spiro atoms. The fraction of sp³-hybridized carbons (Fsp3) is 0.0164. The van der Waals surface area contributed by atoms with E-state index in [4.69, 9.17) is 4.42 Å². The number of furan rings is 1. The van der Waals surface area contributed by atoms with Crippen molar-refractivity contribution in [2.75, 3.05) is 4.90 Å². The third-order valence-corrected chi connectivity index (χ3v) is 13.5. The van der Waals surface area contributed by atoms with Crippen molar-refractivity contribution >= 4 is 71.3 Å². The molecule has 12 aromatic rings. The molecule has 0 atom stereocenters. The number of benzene rings is 11. The van der Waals surface area contributed by atoms with Gasteiger partial charge in [-0.1, -0.05) is 182 Å². The lowest BCUT2D eigenvalue weighted by atomic mass is 9.67. The van der Waals surface area contributed by atoms with Gasteiger partial charge >= 0.3 is 0 Å². The van der Waals surface area contributed by atoms with Gasteiger partial charge in [-0.15, -0.1) is 0 Å². The van der Waals surface area contributed by atoms with Crippen LogP contribution in [0.25, 0.3) is 76.5 Å². The Kier molecular flexibility index (Phi) is 7.85. The smallest absolute Gasteiger partial charge is 0.136 e. The molecule has 2 heteroatoms. The number of rotatable bonds is 6. The van der Waals surface area contributed by atoms with Crippen LogP contribution in [0, 0.1) is 0 Å². The largest absolute Gasteiger partial charge is 0.456 e. The lowest BCUT2D eigenvalue weighted by molar-refractivity contribution is 0.669. The van der Waals surface area contributed by atoms with Gasteiger partial charge in [0.2, 0.25) is 0 Å². The van der Waals surface area contributed by atoms with E-state index in [1.165, 1.54) is 76.8 Å². The maximum Gasteiger partial charge on any atom is 0.136 e. The summed E-state index contributed by atoms with van der Waals surface area (Å²) in [6.45, 7) is 0. The highest BCUT2D eigenvalue weighted by Gasteiger charge is 2.46. The Morgan fingerprint density at radius 1 is 0.302 bits per heavy atom. The van der Waals surface area contributed by atoms with Crippen LogP contribution in [0.3, 0.4) is 0 Å². The molecule has 1 aliphatic carbocycles. The van der Waals surface area contributed by atoms with Gasteiger partial charge in [-0.3, -0.25) is 0 Å². The van der Waals surface area contributed by atoms with Gasteiger partial charge in [0.15, 0.2) is 0 Å². The summed E-state index contributed by atoms with van der Waals surface area (Å²) in [6, 6.07) is 86.7. The standard InChI is InChI=1S/C61H39NO/c1-4-16-40(17-5-1)41-28-30-44(31-29-41)62(46-33-35-50-49-23-12-14-26-55(49)61(56(50)39-46,42-18-6-2-7-19-42)43-20-8-3-9-21-43)45-32-34-48-47-22-10-11-24-51(47)59-52(54(48)38-45)36-37-58-60(59)53-25-13-15-27-57(53)63-58/h1-39H. The summed E-state index contributed by atoms with van der Waals surface area (Å²) in [4.78, 5) is 2.45. The van der Waals surface area contributed by atoms with Crippen LogP contribution in [0.2, 0.25) is 0 Å². The Morgan fingerprint density at radius 3 is 1.59 bits per heavy atom. The maximum absolute atomic E-state index is 6.47. The zero-order valence-corrected chi connectivity index (χ0v) is 34.4. The molecule has 294 valence electrons. The van der Waals surface area contributed by atoms with Gasteiger partial charge in [-0.25, -0.2) is 0 Å². The van der Waals surface area contributed by atoms with E-state index in [-0.39, 0.29) is 0 Å². The van der Waals surface area contributed by atoms with Crippen molar-refractivity contribution in [1.82, 2.24) is 0 Å². The Balaban J connectivity index is 1.09. The maximum atomic E-state index is 6.47. The predicted molar refractivity (Wildman–Crippen MR) is 264 cm³/mol. The second-order valence-electron chi connectivity index (χ2n) is 16.7. The number of hydrogen-bond donors (Lipinski definition) is 0. The summed E-state index contributed by atoms with van der Waals surface area (Å²) in [5.74, 6) is 0. The molecule has 0 saturated heterocycles. The molecule has 0 radical (unpaired) electrons. The quantitative estimate of drug-likeness (QED) is 0.156. The highest BCUT2D eigenvalue weighted by molar-refractivity contribution is 6.34. The Hall–Kier alpha value is -8.20. The van der Waals surface area contributed by atoms with E-state index >= 15 is 0 Å². The lowest BCUT2D eigenvalue weighted by Gasteiger charge is -2.35. The van der Waals surface area contributed by atoms with E-state index in [9.17, 15) is 0 Å². The zero-order chi connectivity index (χ0) is 41.5. The van der Waals surface area contributed by atoms with E-state index in [2.05, 4.69) is 241 Å². The molecule has 0 fully saturated rings. The highest BCUT2D eigenvalue weighted by atomic mass is 16.3. The number of hydrogen-bond acceptors (Lipinski definition) is 2. The molecule has 11 aromatic carbocycles. The van der Waals surface area contributed by atoms with Crippen molar-refractivity contribution in [3.8, 4) is 22.3 Å². The predicted octanol–water partition coefficient (Wildman–Crippen LogP) is 16.5. The number of para-hydroxylation sites is 1. The molecule has 13 rings (SSSR count). The minimum Gasteiger partial charge on any atom is -0.456 e. The first-order valence-electron chi connectivity index (χ1n) is 21.8. The summed E-state index contributed by atoms with van der Waals surface area (Å²) in [5, 5.41) is 9.63. The van der Waals surface area contributed by atoms with Crippen molar-refractivity contribution in [3.63, 3.8) is 0 Å². The summed E-state index contributed by atoms with van der Waals surface area (Å²) < 4.78 is 6.47. The van der Waals surface area contributed by atoms with Crippen LogP contribution >= 0.6 is 0 Å². The molecule has 0 saturated carbocycles. The minimum absolute atomic E-state index is 0.523. The first kappa shape index (κ1) is 35.5. The van der Waals surface area contributed by atoms with Gasteiger partial charge in [-0.2, -0.15) is 0 Å². The molecule has 0 unspecified atom stereocenters. The number of anilines is 3. The van der Waals surface area contributed by atoms with Crippen molar-refractivity contribution in [2.45, 2.75) is 5.41 Å². The third kappa shape index (κ3) is 5.25. The van der Waals surface area contributed by atoms with Crippen molar-refractivity contribution in [3.05, 3.63) is 259 Å². The Morgan fingerprint density at radius 2 is 0.825 bits per heavy atom. The highest BCUT2D eigenvalue weighted by Crippen LogP contribution is 2.57. The molecule has 0 aliphatic heterocycles. The summed E-state index contributed by atoms with van der Waals surface area (Å²) in [5.41, 5.74) is 14.5.